The molecule has 0 unspecified atom stereocenters. The first-order valence-corrected chi connectivity index (χ1v) is 11.2. The van der Waals surface area contributed by atoms with Crippen LogP contribution in [0.2, 0.25) is 0 Å². The van der Waals surface area contributed by atoms with Crippen molar-refractivity contribution in [3.8, 4) is 11.8 Å². The van der Waals surface area contributed by atoms with E-state index in [1.807, 2.05) is 32.9 Å². The fourth-order valence-corrected chi connectivity index (χ4v) is 2.58. The lowest BCUT2D eigenvalue weighted by molar-refractivity contribution is -0.125. The van der Waals surface area contributed by atoms with E-state index in [2.05, 4.69) is 25.9 Å². The van der Waals surface area contributed by atoms with Crippen LogP contribution in [0.25, 0.3) is 5.69 Å². The number of nitrogen functional groups attached to an aromatic ring is 1. The van der Waals surface area contributed by atoms with Gasteiger partial charge in [0.1, 0.15) is 17.5 Å². The van der Waals surface area contributed by atoms with Crippen molar-refractivity contribution in [3.05, 3.63) is 77.5 Å². The van der Waals surface area contributed by atoms with Crippen LogP contribution in [0.5, 0.6) is 0 Å². The fraction of sp³-hybridized carbons (Fsp3) is 0.370. The lowest BCUT2D eigenvalue weighted by atomic mass is 9.89. The van der Waals surface area contributed by atoms with Gasteiger partial charge in [-0.3, -0.25) is 4.79 Å². The number of hydrogen-bond donors (Lipinski definition) is 2. The van der Waals surface area contributed by atoms with Gasteiger partial charge in [0.05, 0.1) is 23.9 Å². The monoisotopic (exact) mass is 483 g/mol. The van der Waals surface area contributed by atoms with Gasteiger partial charge in [0.25, 0.3) is 0 Å². The van der Waals surface area contributed by atoms with Crippen LogP contribution in [0.15, 0.2) is 54.6 Å². The molecule has 0 aliphatic carbocycles. The van der Waals surface area contributed by atoms with E-state index in [4.69, 9.17) is 16.7 Å². The van der Waals surface area contributed by atoms with E-state index in [1.165, 1.54) is 24.3 Å². The Bertz CT molecular complexity index is 1150. The van der Waals surface area contributed by atoms with Crippen LogP contribution in [0, 0.1) is 28.4 Å². The van der Waals surface area contributed by atoms with Crippen molar-refractivity contribution < 1.29 is 13.6 Å². The number of hydrogen-bond acceptors (Lipinski definition) is 5. The second-order valence-corrected chi connectivity index (χ2v) is 9.94. The standard InChI is InChI=1S/C13H16FN3.C7H8FN.C7H11NO/c1-13(2,3)11-8-12(15)17(16-11)10-6-4-5-9(14)7-10;8-7-3-1-2-6(4-7)5-9;1-7(2,3)6(9)4-5-8/h4-8H,15H2,1-3H3;1-4H,5,9H2;4H2,1-3H3. The Kier molecular flexibility index (Phi) is 10.7. The number of rotatable bonds is 3. The van der Waals surface area contributed by atoms with Gasteiger partial charge in [-0.2, -0.15) is 10.4 Å². The van der Waals surface area contributed by atoms with E-state index < -0.39 is 0 Å². The molecule has 0 saturated heterocycles. The van der Waals surface area contributed by atoms with Crippen molar-refractivity contribution in [1.29, 1.82) is 5.26 Å². The first-order valence-electron chi connectivity index (χ1n) is 11.2. The summed E-state index contributed by atoms with van der Waals surface area (Å²) in [6.07, 6.45) is 0.0312. The van der Waals surface area contributed by atoms with Gasteiger partial charge in [0.15, 0.2) is 5.78 Å². The smallest absolute Gasteiger partial charge is 0.152 e. The molecule has 1 heterocycles. The van der Waals surface area contributed by atoms with Crippen molar-refractivity contribution in [3.63, 3.8) is 0 Å². The predicted molar refractivity (Wildman–Crippen MR) is 136 cm³/mol. The predicted octanol–water partition coefficient (Wildman–Crippen LogP) is 5.69. The van der Waals surface area contributed by atoms with Crippen molar-refractivity contribution in [1.82, 2.24) is 9.78 Å². The molecule has 6 nitrogen and oxygen atoms in total. The zero-order chi connectivity index (χ0) is 26.8. The summed E-state index contributed by atoms with van der Waals surface area (Å²) in [6, 6.07) is 16.2. The largest absolute Gasteiger partial charge is 0.384 e. The fourth-order valence-electron chi connectivity index (χ4n) is 2.58. The zero-order valence-electron chi connectivity index (χ0n) is 21.3. The summed E-state index contributed by atoms with van der Waals surface area (Å²) in [4.78, 5) is 10.8. The number of ketones is 1. The number of Topliss-reactive ketones (excluding diaryl/α,β-unsaturated/α-hetero) is 1. The maximum Gasteiger partial charge on any atom is 0.152 e. The summed E-state index contributed by atoms with van der Waals surface area (Å²) < 4.78 is 27.0. The normalized spacial score (nSPS) is 10.9. The van der Waals surface area contributed by atoms with E-state index in [9.17, 15) is 13.6 Å². The summed E-state index contributed by atoms with van der Waals surface area (Å²) >= 11 is 0. The molecule has 3 rings (SSSR count). The van der Waals surface area contributed by atoms with Gasteiger partial charge in [-0.25, -0.2) is 13.5 Å². The average molecular weight is 484 g/mol. The van der Waals surface area contributed by atoms with Gasteiger partial charge in [-0.05, 0) is 35.9 Å². The van der Waals surface area contributed by atoms with Crippen LogP contribution in [0.4, 0.5) is 14.6 Å². The third-order valence-electron chi connectivity index (χ3n) is 4.76. The summed E-state index contributed by atoms with van der Waals surface area (Å²) in [7, 11) is 0. The minimum atomic E-state index is -0.351. The maximum atomic E-state index is 13.1. The van der Waals surface area contributed by atoms with E-state index in [1.54, 1.807) is 28.9 Å². The average Bonchev–Trinajstić information content (AvgIpc) is 3.16. The number of carbonyl (C=O) groups excluding carboxylic acids is 1. The highest BCUT2D eigenvalue weighted by Gasteiger charge is 2.20. The van der Waals surface area contributed by atoms with E-state index >= 15 is 0 Å². The molecule has 3 aromatic rings. The lowest BCUT2D eigenvalue weighted by Crippen LogP contribution is -2.18. The first-order chi connectivity index (χ1) is 16.2. The topological polar surface area (TPSA) is 111 Å². The van der Waals surface area contributed by atoms with Gasteiger partial charge in [0.2, 0.25) is 0 Å². The van der Waals surface area contributed by atoms with E-state index in [0.29, 0.717) is 18.1 Å². The molecule has 0 saturated carbocycles. The Balaban J connectivity index is 0.000000289. The summed E-state index contributed by atoms with van der Waals surface area (Å²) in [5, 5.41) is 12.5. The quantitative estimate of drug-likeness (QED) is 0.497. The number of anilines is 1. The van der Waals surface area contributed by atoms with Crippen LogP contribution in [0.1, 0.15) is 59.2 Å². The van der Waals surface area contributed by atoms with Crippen molar-refractivity contribution >= 4 is 11.6 Å². The van der Waals surface area contributed by atoms with Crippen LogP contribution < -0.4 is 11.5 Å². The number of halogens is 2. The minimum absolute atomic E-state index is 0.00463. The van der Waals surface area contributed by atoms with Crippen molar-refractivity contribution in [2.24, 2.45) is 11.1 Å². The molecule has 0 spiro atoms. The third-order valence-corrected chi connectivity index (χ3v) is 4.76. The summed E-state index contributed by atoms with van der Waals surface area (Å²) in [6.45, 7) is 12.0. The highest BCUT2D eigenvalue weighted by atomic mass is 19.1. The highest BCUT2D eigenvalue weighted by molar-refractivity contribution is 5.85. The van der Waals surface area contributed by atoms with Gasteiger partial charge >= 0.3 is 0 Å². The van der Waals surface area contributed by atoms with Crippen LogP contribution in [-0.4, -0.2) is 15.6 Å². The molecule has 8 heteroatoms. The second-order valence-electron chi connectivity index (χ2n) is 9.94. The number of nitrogens with two attached hydrogens (primary N) is 2. The third kappa shape index (κ3) is 10.1. The minimum Gasteiger partial charge on any atom is -0.384 e. The zero-order valence-corrected chi connectivity index (χ0v) is 21.3. The molecule has 35 heavy (non-hydrogen) atoms. The molecular weight excluding hydrogens is 448 g/mol. The molecule has 0 aliphatic heterocycles. The molecule has 2 aromatic carbocycles. The molecule has 0 amide bonds. The second kappa shape index (κ2) is 12.8. The molecule has 0 fully saturated rings. The van der Waals surface area contributed by atoms with Gasteiger partial charge in [-0.1, -0.05) is 59.7 Å². The Morgan fingerprint density at radius 2 is 1.57 bits per heavy atom. The molecule has 0 atom stereocenters. The first kappa shape index (κ1) is 29.5. The number of aromatic nitrogens is 2. The van der Waals surface area contributed by atoms with Gasteiger partial charge < -0.3 is 11.5 Å². The molecule has 4 N–H and O–H groups in total. The number of carbonyl (C=O) groups is 1. The molecule has 188 valence electrons. The van der Waals surface area contributed by atoms with E-state index in [0.717, 1.165) is 11.3 Å². The van der Waals surface area contributed by atoms with Crippen LogP contribution in [-0.2, 0) is 16.8 Å². The molecule has 0 bridgehead atoms. The van der Waals surface area contributed by atoms with Crippen molar-refractivity contribution in [2.75, 3.05) is 5.73 Å². The van der Waals surface area contributed by atoms with Gasteiger partial charge in [-0.15, -0.1) is 0 Å². The van der Waals surface area contributed by atoms with Crippen LogP contribution in [0.3, 0.4) is 0 Å². The number of nitriles is 1. The Morgan fingerprint density at radius 3 is 1.94 bits per heavy atom. The molecule has 0 aliphatic rings. The highest BCUT2D eigenvalue weighted by Crippen LogP contribution is 2.24. The SMILES string of the molecule is CC(C)(C)C(=O)CC#N.CC(C)(C)c1cc(N)n(-c2cccc(F)c2)n1.NCc1cccc(F)c1. The molecule has 1 aromatic heterocycles. The summed E-state index contributed by atoms with van der Waals surface area (Å²) in [5.74, 6) is -0.00168. The number of benzene rings is 2. The molecular formula is C27H35F2N5O. The molecule has 0 radical (unpaired) electrons. The lowest BCUT2D eigenvalue weighted by Gasteiger charge is -2.14. The number of nitrogens with zero attached hydrogens (tertiary/aromatic N) is 3. The Hall–Kier alpha value is -3.57. The van der Waals surface area contributed by atoms with Gasteiger partial charge in [0, 0.05) is 23.4 Å². The van der Waals surface area contributed by atoms with Crippen LogP contribution >= 0.6 is 0 Å². The Labute approximate surface area is 206 Å². The Morgan fingerprint density at radius 1 is 1.00 bits per heavy atom. The maximum absolute atomic E-state index is 13.1. The summed E-state index contributed by atoms with van der Waals surface area (Å²) in [5.41, 5.74) is 13.1. The van der Waals surface area contributed by atoms with Crippen molar-refractivity contribution in [2.45, 2.75) is 59.9 Å². The van der Waals surface area contributed by atoms with E-state index in [-0.39, 0.29) is 34.7 Å².